The second-order valence-electron chi connectivity index (χ2n) is 4.99. The van der Waals surface area contributed by atoms with E-state index < -0.39 is 0 Å². The maximum atomic E-state index is 5.74. The third kappa shape index (κ3) is 3.14. The Hall–Kier alpha value is -1.49. The third-order valence-electron chi connectivity index (χ3n) is 3.57. The van der Waals surface area contributed by atoms with Gasteiger partial charge in [0.1, 0.15) is 0 Å². The van der Waals surface area contributed by atoms with Crippen LogP contribution in [-0.2, 0) is 9.47 Å². The van der Waals surface area contributed by atoms with Crippen LogP contribution >= 0.6 is 11.8 Å². The topological polar surface area (TPSA) is 21.7 Å². The van der Waals surface area contributed by atoms with E-state index in [2.05, 4.69) is 53.4 Å². The predicted octanol–water partition coefficient (Wildman–Crippen LogP) is 4.69. The highest BCUT2D eigenvalue weighted by Crippen LogP contribution is 2.47. The molecule has 0 saturated carbocycles. The van der Waals surface area contributed by atoms with Crippen LogP contribution < -0.4 is 4.90 Å². The van der Waals surface area contributed by atoms with Gasteiger partial charge in [0.15, 0.2) is 6.29 Å². The van der Waals surface area contributed by atoms with Gasteiger partial charge < -0.3 is 14.4 Å². The Labute approximate surface area is 136 Å². The Kier molecular flexibility index (Phi) is 5.03. The molecule has 0 unspecified atom stereocenters. The van der Waals surface area contributed by atoms with Crippen molar-refractivity contribution in [1.82, 2.24) is 0 Å². The maximum absolute atomic E-state index is 5.74. The molecule has 1 heterocycles. The van der Waals surface area contributed by atoms with E-state index in [0.717, 1.165) is 0 Å². The number of hydrogen-bond donors (Lipinski definition) is 0. The van der Waals surface area contributed by atoms with Gasteiger partial charge in [-0.25, -0.2) is 0 Å². The lowest BCUT2D eigenvalue weighted by Gasteiger charge is -2.34. The Morgan fingerprint density at radius 3 is 1.86 bits per heavy atom. The van der Waals surface area contributed by atoms with Gasteiger partial charge in [-0.3, -0.25) is 0 Å². The van der Waals surface area contributed by atoms with Gasteiger partial charge in [0.05, 0.1) is 17.9 Å². The van der Waals surface area contributed by atoms with Crippen molar-refractivity contribution in [2.24, 2.45) is 0 Å². The monoisotopic (exact) mass is 315 g/mol. The largest absolute Gasteiger partial charge is 0.351 e. The number of rotatable bonds is 6. The first-order chi connectivity index (χ1) is 10.8. The number of anilines is 2. The van der Waals surface area contributed by atoms with Crippen molar-refractivity contribution in [2.75, 3.05) is 24.7 Å². The Balaban J connectivity index is 1.95. The van der Waals surface area contributed by atoms with E-state index in [9.17, 15) is 0 Å². The maximum Gasteiger partial charge on any atom is 0.175 e. The summed E-state index contributed by atoms with van der Waals surface area (Å²) in [6.07, 6.45) is -0.223. The highest BCUT2D eigenvalue weighted by atomic mass is 32.2. The van der Waals surface area contributed by atoms with Gasteiger partial charge in [-0.2, -0.15) is 0 Å². The van der Waals surface area contributed by atoms with Gasteiger partial charge in [-0.15, -0.1) is 0 Å². The molecule has 0 spiro atoms. The van der Waals surface area contributed by atoms with E-state index >= 15 is 0 Å². The number of benzene rings is 2. The zero-order valence-electron chi connectivity index (χ0n) is 13.0. The summed E-state index contributed by atoms with van der Waals surface area (Å²) >= 11 is 1.82. The molecule has 2 aromatic rings. The van der Waals surface area contributed by atoms with Crippen LogP contribution in [0.3, 0.4) is 0 Å². The highest BCUT2D eigenvalue weighted by molar-refractivity contribution is 7.99. The lowest BCUT2D eigenvalue weighted by atomic mass is 10.2. The molecule has 3 rings (SSSR count). The fraction of sp³-hybridized carbons (Fsp3) is 0.333. The van der Waals surface area contributed by atoms with Crippen molar-refractivity contribution in [3.8, 4) is 0 Å². The van der Waals surface area contributed by atoms with Crippen LogP contribution in [0.25, 0.3) is 0 Å². The molecular weight excluding hydrogens is 294 g/mol. The summed E-state index contributed by atoms with van der Waals surface area (Å²) in [5, 5.41) is 0. The van der Waals surface area contributed by atoms with Crippen LogP contribution in [-0.4, -0.2) is 26.0 Å². The number of fused-ring (bicyclic) bond motifs is 2. The summed E-state index contributed by atoms with van der Waals surface area (Å²) in [6.45, 7) is 5.99. The molecule has 1 aliphatic heterocycles. The summed E-state index contributed by atoms with van der Waals surface area (Å²) in [7, 11) is 0. The van der Waals surface area contributed by atoms with Crippen molar-refractivity contribution in [3.05, 3.63) is 48.5 Å². The average Bonchev–Trinajstić information content (AvgIpc) is 2.55. The van der Waals surface area contributed by atoms with E-state index in [4.69, 9.17) is 9.47 Å². The van der Waals surface area contributed by atoms with E-state index in [-0.39, 0.29) is 6.29 Å². The van der Waals surface area contributed by atoms with Gasteiger partial charge in [-0.05, 0) is 38.1 Å². The van der Waals surface area contributed by atoms with Gasteiger partial charge in [0.2, 0.25) is 0 Å². The summed E-state index contributed by atoms with van der Waals surface area (Å²) in [5.74, 6) is 0. The number of ether oxygens (including phenoxy) is 2. The van der Waals surface area contributed by atoms with Crippen LogP contribution in [0.4, 0.5) is 11.4 Å². The molecule has 2 aromatic carbocycles. The third-order valence-corrected chi connectivity index (χ3v) is 4.70. The molecule has 0 fully saturated rings. The SMILES string of the molecule is CCOC(CN1c2ccccc2Sc2ccccc21)OCC. The lowest BCUT2D eigenvalue weighted by molar-refractivity contribution is -0.128. The van der Waals surface area contributed by atoms with E-state index in [1.807, 2.05) is 25.6 Å². The van der Waals surface area contributed by atoms with Crippen molar-refractivity contribution in [3.63, 3.8) is 0 Å². The van der Waals surface area contributed by atoms with Crippen LogP contribution in [0.1, 0.15) is 13.8 Å². The van der Waals surface area contributed by atoms with Crippen molar-refractivity contribution < 1.29 is 9.47 Å². The molecule has 0 N–H and O–H groups in total. The van der Waals surface area contributed by atoms with Gasteiger partial charge in [0.25, 0.3) is 0 Å². The molecule has 0 saturated heterocycles. The number of nitrogens with zero attached hydrogens (tertiary/aromatic N) is 1. The van der Waals surface area contributed by atoms with Crippen molar-refractivity contribution >= 4 is 23.1 Å². The lowest BCUT2D eigenvalue weighted by Crippen LogP contribution is -2.34. The number of hydrogen-bond acceptors (Lipinski definition) is 4. The second kappa shape index (κ2) is 7.18. The van der Waals surface area contributed by atoms with Crippen LogP contribution in [0.2, 0.25) is 0 Å². The van der Waals surface area contributed by atoms with E-state index in [1.54, 1.807) is 0 Å². The molecule has 0 amide bonds. The Morgan fingerprint density at radius 1 is 0.864 bits per heavy atom. The summed E-state index contributed by atoms with van der Waals surface area (Å²) in [4.78, 5) is 4.85. The van der Waals surface area contributed by atoms with Gasteiger partial charge >= 0.3 is 0 Å². The fourth-order valence-corrected chi connectivity index (χ4v) is 3.75. The Morgan fingerprint density at radius 2 is 1.36 bits per heavy atom. The minimum atomic E-state index is -0.223. The van der Waals surface area contributed by atoms with Crippen LogP contribution in [0.5, 0.6) is 0 Å². The van der Waals surface area contributed by atoms with Crippen LogP contribution in [0, 0.1) is 0 Å². The van der Waals surface area contributed by atoms with Gasteiger partial charge in [-0.1, -0.05) is 36.0 Å². The minimum absolute atomic E-state index is 0.223. The average molecular weight is 315 g/mol. The molecule has 116 valence electrons. The summed E-state index contributed by atoms with van der Waals surface area (Å²) in [5.41, 5.74) is 2.44. The molecule has 22 heavy (non-hydrogen) atoms. The normalized spacial score (nSPS) is 13.1. The first-order valence-electron chi connectivity index (χ1n) is 7.70. The summed E-state index contributed by atoms with van der Waals surface area (Å²) < 4.78 is 11.5. The van der Waals surface area contributed by atoms with Crippen LogP contribution in [0.15, 0.2) is 58.3 Å². The second-order valence-corrected chi connectivity index (χ2v) is 6.07. The molecule has 1 aliphatic rings. The zero-order valence-corrected chi connectivity index (χ0v) is 13.8. The minimum Gasteiger partial charge on any atom is -0.351 e. The van der Waals surface area contributed by atoms with Gasteiger partial charge in [0, 0.05) is 23.0 Å². The molecule has 4 heteroatoms. The molecule has 3 nitrogen and oxygen atoms in total. The smallest absolute Gasteiger partial charge is 0.175 e. The fourth-order valence-electron chi connectivity index (χ4n) is 2.65. The molecule has 0 atom stereocenters. The van der Waals surface area contributed by atoms with Crippen molar-refractivity contribution in [2.45, 2.75) is 29.9 Å². The van der Waals surface area contributed by atoms with E-state index in [0.29, 0.717) is 19.8 Å². The molecule has 0 aromatic heterocycles. The summed E-state index contributed by atoms with van der Waals surface area (Å²) in [6, 6.07) is 17.0. The Bertz CT molecular complexity index is 580. The first-order valence-corrected chi connectivity index (χ1v) is 8.51. The zero-order chi connectivity index (χ0) is 15.4. The molecule has 0 radical (unpaired) electrons. The molecule has 0 aliphatic carbocycles. The van der Waals surface area contributed by atoms with E-state index in [1.165, 1.54) is 21.2 Å². The quantitative estimate of drug-likeness (QED) is 0.721. The highest BCUT2D eigenvalue weighted by Gasteiger charge is 2.25. The molecular formula is C18H21NO2S. The van der Waals surface area contributed by atoms with Crippen molar-refractivity contribution in [1.29, 1.82) is 0 Å². The standard InChI is InChI=1S/C18H21NO2S/c1-3-20-18(21-4-2)13-19-14-9-5-7-11-16(14)22-17-12-8-6-10-15(17)19/h5-12,18H,3-4,13H2,1-2H3. The number of para-hydroxylation sites is 2. The molecule has 0 bridgehead atoms. The first kappa shape index (κ1) is 15.4. The predicted molar refractivity (Wildman–Crippen MR) is 91.1 cm³/mol.